The van der Waals surface area contributed by atoms with Gasteiger partial charge in [-0.25, -0.2) is 0 Å². The molecule has 150 valence electrons. The highest BCUT2D eigenvalue weighted by atomic mass is 19.4. The number of nitrogens with zero attached hydrogens (tertiary/aromatic N) is 5. The predicted octanol–water partition coefficient (Wildman–Crippen LogP) is 2.13. The maximum absolute atomic E-state index is 13.2. The van der Waals surface area contributed by atoms with Crippen molar-refractivity contribution < 1.29 is 22.8 Å². The minimum atomic E-state index is -4.64. The molecule has 1 saturated heterocycles. The summed E-state index contributed by atoms with van der Waals surface area (Å²) < 4.78 is 41.2. The van der Waals surface area contributed by atoms with Crippen molar-refractivity contribution in [3.63, 3.8) is 0 Å². The number of carbonyl (C=O) groups is 2. The first kappa shape index (κ1) is 19.8. The Kier molecular flexibility index (Phi) is 5.39. The van der Waals surface area contributed by atoms with Crippen molar-refractivity contribution in [2.75, 3.05) is 26.2 Å². The first-order valence-electron chi connectivity index (χ1n) is 8.79. The molecule has 7 nitrogen and oxygen atoms in total. The van der Waals surface area contributed by atoms with Crippen LogP contribution in [0.5, 0.6) is 0 Å². The smallest absolute Gasteiger partial charge is 0.337 e. The largest absolute Gasteiger partial charge is 0.417 e. The maximum atomic E-state index is 13.2. The maximum Gasteiger partial charge on any atom is 0.417 e. The van der Waals surface area contributed by atoms with Crippen LogP contribution < -0.4 is 0 Å². The van der Waals surface area contributed by atoms with Gasteiger partial charge in [-0.1, -0.05) is 0 Å². The molecule has 0 saturated carbocycles. The number of rotatable bonds is 2. The summed E-state index contributed by atoms with van der Waals surface area (Å²) in [4.78, 5) is 31.9. The summed E-state index contributed by atoms with van der Waals surface area (Å²) in [6, 6.07) is 2.48. The summed E-state index contributed by atoms with van der Waals surface area (Å²) in [5.41, 5.74) is -0.332. The summed E-state index contributed by atoms with van der Waals surface area (Å²) >= 11 is 0. The van der Waals surface area contributed by atoms with Crippen molar-refractivity contribution in [3.05, 3.63) is 47.0 Å². The van der Waals surface area contributed by atoms with E-state index in [-0.39, 0.29) is 25.5 Å². The number of alkyl halides is 3. The van der Waals surface area contributed by atoms with Gasteiger partial charge in [-0.15, -0.1) is 0 Å². The second-order valence-electron chi connectivity index (χ2n) is 6.65. The fraction of sp³-hybridized carbons (Fsp3) is 0.444. The average Bonchev–Trinajstić information content (AvgIpc) is 2.86. The van der Waals surface area contributed by atoms with Crippen LogP contribution in [0.2, 0.25) is 0 Å². The Hall–Kier alpha value is -2.91. The fourth-order valence-corrected chi connectivity index (χ4v) is 3.13. The van der Waals surface area contributed by atoms with Crippen LogP contribution in [0.25, 0.3) is 0 Å². The molecule has 1 aliphatic rings. The first-order valence-corrected chi connectivity index (χ1v) is 8.79. The molecule has 1 fully saturated rings. The van der Waals surface area contributed by atoms with Crippen LogP contribution in [-0.4, -0.2) is 62.6 Å². The number of pyridine rings is 1. The zero-order valence-corrected chi connectivity index (χ0v) is 15.5. The Morgan fingerprint density at radius 3 is 2.29 bits per heavy atom. The molecule has 0 N–H and O–H groups in total. The third-order valence-electron chi connectivity index (χ3n) is 4.76. The Morgan fingerprint density at radius 1 is 1.07 bits per heavy atom. The van der Waals surface area contributed by atoms with Gasteiger partial charge in [-0.05, 0) is 25.5 Å². The number of aryl methyl sites for hydroxylation is 2. The normalized spacial score (nSPS) is 15.5. The zero-order chi connectivity index (χ0) is 20.5. The molecular formula is C18H20F3N5O2. The molecular weight excluding hydrogens is 375 g/mol. The van der Waals surface area contributed by atoms with Gasteiger partial charge < -0.3 is 9.80 Å². The van der Waals surface area contributed by atoms with Crippen molar-refractivity contribution in [2.24, 2.45) is 7.05 Å². The molecule has 10 heteroatoms. The second-order valence-corrected chi connectivity index (χ2v) is 6.65. The van der Waals surface area contributed by atoms with Gasteiger partial charge >= 0.3 is 6.18 Å². The topological polar surface area (TPSA) is 71.3 Å². The molecule has 28 heavy (non-hydrogen) atoms. The van der Waals surface area contributed by atoms with E-state index in [4.69, 9.17) is 0 Å². The molecule has 3 heterocycles. The zero-order valence-electron chi connectivity index (χ0n) is 15.5. The lowest BCUT2D eigenvalue weighted by Gasteiger charge is -2.23. The molecule has 2 amide bonds. The minimum Gasteiger partial charge on any atom is -0.337 e. The molecule has 0 unspecified atom stereocenters. The minimum absolute atomic E-state index is 0.141. The highest BCUT2D eigenvalue weighted by molar-refractivity contribution is 5.96. The van der Waals surface area contributed by atoms with Crippen LogP contribution in [0.15, 0.2) is 24.5 Å². The van der Waals surface area contributed by atoms with Gasteiger partial charge in [0, 0.05) is 51.3 Å². The summed E-state index contributed by atoms with van der Waals surface area (Å²) in [5.74, 6) is -0.987. The number of halogens is 3. The molecule has 0 bridgehead atoms. The van der Waals surface area contributed by atoms with Crippen LogP contribution in [0.3, 0.4) is 0 Å². The van der Waals surface area contributed by atoms with E-state index < -0.39 is 23.2 Å². The predicted molar refractivity (Wildman–Crippen MR) is 93.6 cm³/mol. The van der Waals surface area contributed by atoms with Crippen LogP contribution >= 0.6 is 0 Å². The van der Waals surface area contributed by atoms with Crippen molar-refractivity contribution in [3.8, 4) is 0 Å². The lowest BCUT2D eigenvalue weighted by Crippen LogP contribution is -2.38. The fourth-order valence-electron chi connectivity index (χ4n) is 3.13. The molecule has 1 aliphatic heterocycles. The van der Waals surface area contributed by atoms with Crippen molar-refractivity contribution in [2.45, 2.75) is 19.5 Å². The van der Waals surface area contributed by atoms with E-state index in [1.165, 1.54) is 4.90 Å². The van der Waals surface area contributed by atoms with E-state index in [0.717, 1.165) is 24.2 Å². The Morgan fingerprint density at radius 2 is 1.71 bits per heavy atom. The quantitative estimate of drug-likeness (QED) is 0.781. The summed E-state index contributed by atoms with van der Waals surface area (Å²) in [6.07, 6.45) is -2.23. The van der Waals surface area contributed by atoms with E-state index in [9.17, 15) is 22.8 Å². The van der Waals surface area contributed by atoms with Gasteiger partial charge in [0.1, 0.15) is 0 Å². The van der Waals surface area contributed by atoms with Gasteiger partial charge in [0.15, 0.2) is 5.69 Å². The summed E-state index contributed by atoms with van der Waals surface area (Å²) in [7, 11) is 1.74. The molecule has 0 aliphatic carbocycles. The van der Waals surface area contributed by atoms with Gasteiger partial charge in [0.2, 0.25) is 0 Å². The van der Waals surface area contributed by atoms with Crippen LogP contribution in [0, 0.1) is 6.92 Å². The van der Waals surface area contributed by atoms with E-state index in [0.29, 0.717) is 18.7 Å². The Labute approximate surface area is 159 Å². The lowest BCUT2D eigenvalue weighted by molar-refractivity contribution is -0.138. The standard InChI is InChI=1S/C18H20F3N5O2/c1-12-10-15(23-24(12)2)17(28)26-7-3-6-25(8-9-26)16(27)13-11-22-5-4-14(13)18(19,20)21/h4-5,10-11H,3,6-9H2,1-2H3. The first-order chi connectivity index (χ1) is 13.2. The van der Waals surface area contributed by atoms with E-state index in [1.807, 2.05) is 6.92 Å². The van der Waals surface area contributed by atoms with E-state index >= 15 is 0 Å². The average molecular weight is 395 g/mol. The van der Waals surface area contributed by atoms with Crippen molar-refractivity contribution in [1.82, 2.24) is 24.6 Å². The SMILES string of the molecule is Cc1cc(C(=O)N2CCCN(C(=O)c3cnccc3C(F)(F)F)CC2)nn1C. The van der Waals surface area contributed by atoms with Crippen LogP contribution in [-0.2, 0) is 13.2 Å². The lowest BCUT2D eigenvalue weighted by atomic mass is 10.1. The number of hydrogen-bond donors (Lipinski definition) is 0. The van der Waals surface area contributed by atoms with Crippen LogP contribution in [0.4, 0.5) is 13.2 Å². The highest BCUT2D eigenvalue weighted by Crippen LogP contribution is 2.32. The van der Waals surface area contributed by atoms with Crippen molar-refractivity contribution >= 4 is 11.8 Å². The third kappa shape index (κ3) is 4.00. The number of amides is 2. The summed E-state index contributed by atoms with van der Waals surface area (Å²) in [6.45, 7) is 2.86. The van der Waals surface area contributed by atoms with E-state index in [1.54, 1.807) is 22.7 Å². The molecule has 3 rings (SSSR count). The van der Waals surface area contributed by atoms with Gasteiger partial charge in [-0.3, -0.25) is 19.3 Å². The second kappa shape index (κ2) is 7.61. The molecule has 0 aromatic carbocycles. The number of aromatic nitrogens is 3. The number of hydrogen-bond acceptors (Lipinski definition) is 4. The molecule has 0 atom stereocenters. The van der Waals surface area contributed by atoms with Crippen molar-refractivity contribution in [1.29, 1.82) is 0 Å². The highest BCUT2D eigenvalue weighted by Gasteiger charge is 2.36. The van der Waals surface area contributed by atoms with Crippen LogP contribution in [0.1, 0.15) is 38.5 Å². The summed E-state index contributed by atoms with van der Waals surface area (Å²) in [5, 5.41) is 4.17. The third-order valence-corrected chi connectivity index (χ3v) is 4.76. The molecule has 0 spiro atoms. The van der Waals surface area contributed by atoms with Gasteiger partial charge in [-0.2, -0.15) is 18.3 Å². The Balaban J connectivity index is 1.74. The van der Waals surface area contributed by atoms with E-state index in [2.05, 4.69) is 10.1 Å². The van der Waals surface area contributed by atoms with Gasteiger partial charge in [0.05, 0.1) is 11.1 Å². The van der Waals surface area contributed by atoms with Gasteiger partial charge in [0.25, 0.3) is 11.8 Å². The Bertz CT molecular complexity index is 874. The number of carbonyl (C=O) groups excluding carboxylic acids is 2. The molecule has 2 aromatic heterocycles. The monoisotopic (exact) mass is 395 g/mol. The molecule has 0 radical (unpaired) electrons. The molecule has 2 aromatic rings.